The highest BCUT2D eigenvalue weighted by atomic mass is 16.5. The van der Waals surface area contributed by atoms with Crippen LogP contribution in [0.25, 0.3) is 11.1 Å². The van der Waals surface area contributed by atoms with Gasteiger partial charge in [-0.1, -0.05) is 116 Å². The van der Waals surface area contributed by atoms with Crippen molar-refractivity contribution in [3.05, 3.63) is 155 Å². The lowest BCUT2D eigenvalue weighted by molar-refractivity contribution is -0.123. The fourth-order valence-electron chi connectivity index (χ4n) is 7.19. The van der Waals surface area contributed by atoms with Gasteiger partial charge in [0.15, 0.2) is 0 Å². The Morgan fingerprint density at radius 1 is 0.667 bits per heavy atom. The van der Waals surface area contributed by atoms with E-state index in [1.807, 2.05) is 103 Å². The van der Waals surface area contributed by atoms with Gasteiger partial charge in [-0.05, 0) is 76.1 Å². The second-order valence-electron chi connectivity index (χ2n) is 13.3. The molecule has 280 valence electrons. The summed E-state index contributed by atoms with van der Waals surface area (Å²) in [6, 6.07) is 41.2. The van der Waals surface area contributed by atoms with Crippen LogP contribution in [0.1, 0.15) is 59.4 Å². The summed E-state index contributed by atoms with van der Waals surface area (Å²) in [7, 11) is 3.31. The Morgan fingerprint density at radius 2 is 1.19 bits per heavy atom. The SMILES string of the molecule is COc1ccc(C(OCCCCCCNC(=O)[C@H](CO)NC(=O)OCC2c3ccccc3-c3ccccc32)(c2ccccc2)c2ccc(OC)cc2)cc1. The van der Waals surface area contributed by atoms with Crippen LogP contribution in [0.3, 0.4) is 0 Å². The average molecular weight is 729 g/mol. The summed E-state index contributed by atoms with van der Waals surface area (Å²) in [6.45, 7) is 0.485. The molecule has 6 rings (SSSR count). The van der Waals surface area contributed by atoms with E-state index in [1.54, 1.807) is 14.2 Å². The monoisotopic (exact) mass is 728 g/mol. The number of aliphatic hydroxyl groups excluding tert-OH is 1. The summed E-state index contributed by atoms with van der Waals surface area (Å²) in [5.74, 6) is 0.970. The van der Waals surface area contributed by atoms with E-state index in [0.717, 1.165) is 76.1 Å². The Morgan fingerprint density at radius 3 is 1.74 bits per heavy atom. The van der Waals surface area contributed by atoms with Crippen molar-refractivity contribution < 1.29 is 33.6 Å². The molecule has 1 aliphatic rings. The van der Waals surface area contributed by atoms with Crippen molar-refractivity contribution in [1.29, 1.82) is 0 Å². The largest absolute Gasteiger partial charge is 0.497 e. The quantitative estimate of drug-likeness (QED) is 0.0630. The van der Waals surface area contributed by atoms with Crippen molar-refractivity contribution in [2.45, 2.75) is 43.2 Å². The van der Waals surface area contributed by atoms with Gasteiger partial charge in [0.25, 0.3) is 0 Å². The number of hydrogen-bond acceptors (Lipinski definition) is 7. The number of benzene rings is 5. The minimum absolute atomic E-state index is 0.102. The fraction of sp³-hybridized carbons (Fsp3) is 0.289. The summed E-state index contributed by atoms with van der Waals surface area (Å²) in [4.78, 5) is 25.6. The summed E-state index contributed by atoms with van der Waals surface area (Å²) >= 11 is 0. The number of fused-ring (bicyclic) bond motifs is 3. The van der Waals surface area contributed by atoms with Crippen LogP contribution >= 0.6 is 0 Å². The second kappa shape index (κ2) is 18.4. The van der Waals surface area contributed by atoms with Crippen LogP contribution in [-0.4, -0.2) is 63.7 Å². The molecule has 0 spiro atoms. The van der Waals surface area contributed by atoms with Crippen molar-refractivity contribution >= 4 is 12.0 Å². The number of rotatable bonds is 18. The van der Waals surface area contributed by atoms with E-state index in [1.165, 1.54) is 0 Å². The topological polar surface area (TPSA) is 115 Å². The molecule has 9 heteroatoms. The van der Waals surface area contributed by atoms with Crippen LogP contribution in [0.5, 0.6) is 11.5 Å². The van der Waals surface area contributed by atoms with E-state index in [4.69, 9.17) is 18.9 Å². The lowest BCUT2D eigenvalue weighted by atomic mass is 9.80. The molecule has 9 nitrogen and oxygen atoms in total. The number of aliphatic hydroxyl groups is 1. The summed E-state index contributed by atoms with van der Waals surface area (Å²) in [5, 5.41) is 15.3. The van der Waals surface area contributed by atoms with Gasteiger partial charge in [0.05, 0.1) is 20.8 Å². The molecule has 1 atom stereocenters. The van der Waals surface area contributed by atoms with Crippen molar-refractivity contribution in [1.82, 2.24) is 10.6 Å². The Hall–Kier alpha value is -5.64. The zero-order valence-electron chi connectivity index (χ0n) is 30.8. The first kappa shape index (κ1) is 38.1. The van der Waals surface area contributed by atoms with Gasteiger partial charge in [-0.3, -0.25) is 4.79 Å². The number of methoxy groups -OCH3 is 2. The highest BCUT2D eigenvalue weighted by molar-refractivity contribution is 5.86. The fourth-order valence-corrected chi connectivity index (χ4v) is 7.19. The lowest BCUT2D eigenvalue weighted by Crippen LogP contribution is -2.49. The van der Waals surface area contributed by atoms with Crippen LogP contribution in [0.15, 0.2) is 127 Å². The van der Waals surface area contributed by atoms with Crippen LogP contribution < -0.4 is 20.1 Å². The molecule has 2 amide bonds. The molecule has 0 radical (unpaired) electrons. The Labute approximate surface area is 317 Å². The highest BCUT2D eigenvalue weighted by Gasteiger charge is 2.38. The minimum atomic E-state index is -1.11. The van der Waals surface area contributed by atoms with E-state index in [2.05, 4.69) is 34.9 Å². The van der Waals surface area contributed by atoms with Crippen molar-refractivity contribution in [3.63, 3.8) is 0 Å². The molecule has 0 heterocycles. The highest BCUT2D eigenvalue weighted by Crippen LogP contribution is 2.45. The van der Waals surface area contributed by atoms with Gasteiger partial charge in [0, 0.05) is 19.1 Å². The normalized spacial score (nSPS) is 12.6. The van der Waals surface area contributed by atoms with Crippen LogP contribution in [0.2, 0.25) is 0 Å². The molecule has 3 N–H and O–H groups in total. The van der Waals surface area contributed by atoms with Gasteiger partial charge < -0.3 is 34.7 Å². The molecule has 1 aliphatic carbocycles. The predicted molar refractivity (Wildman–Crippen MR) is 209 cm³/mol. The summed E-state index contributed by atoms with van der Waals surface area (Å²) in [5.41, 5.74) is 6.55. The third-order valence-corrected chi connectivity index (χ3v) is 10.00. The number of carbonyl (C=O) groups is 2. The molecule has 0 saturated heterocycles. The number of carbonyl (C=O) groups excluding carboxylic acids is 2. The van der Waals surface area contributed by atoms with Crippen molar-refractivity contribution in [2.24, 2.45) is 0 Å². The average Bonchev–Trinajstić information content (AvgIpc) is 3.55. The molecule has 5 aromatic rings. The number of ether oxygens (including phenoxy) is 4. The Kier molecular flexibility index (Phi) is 13.0. The van der Waals surface area contributed by atoms with Crippen LogP contribution in [-0.2, 0) is 19.9 Å². The van der Waals surface area contributed by atoms with Gasteiger partial charge in [0.1, 0.15) is 29.7 Å². The van der Waals surface area contributed by atoms with Crippen molar-refractivity contribution in [2.75, 3.05) is 40.6 Å². The second-order valence-corrected chi connectivity index (χ2v) is 13.3. The number of alkyl carbamates (subject to hydrolysis) is 1. The first-order chi connectivity index (χ1) is 26.5. The van der Waals surface area contributed by atoms with Crippen molar-refractivity contribution in [3.8, 4) is 22.6 Å². The smallest absolute Gasteiger partial charge is 0.407 e. The molecular formula is C45H48N2O7. The Balaban J connectivity index is 0.979. The maximum absolute atomic E-state index is 12.9. The van der Waals surface area contributed by atoms with Gasteiger partial charge >= 0.3 is 6.09 Å². The number of unbranched alkanes of at least 4 members (excludes halogenated alkanes) is 3. The zero-order valence-corrected chi connectivity index (χ0v) is 30.8. The van der Waals surface area contributed by atoms with E-state index < -0.39 is 30.3 Å². The van der Waals surface area contributed by atoms with Gasteiger partial charge in [0.2, 0.25) is 5.91 Å². The van der Waals surface area contributed by atoms with E-state index in [9.17, 15) is 14.7 Å². The van der Waals surface area contributed by atoms with Gasteiger partial charge in [-0.25, -0.2) is 4.79 Å². The third kappa shape index (κ3) is 8.59. The molecular weight excluding hydrogens is 681 g/mol. The lowest BCUT2D eigenvalue weighted by Gasteiger charge is -2.36. The molecule has 0 aliphatic heterocycles. The number of nitrogens with one attached hydrogen (secondary N) is 2. The maximum Gasteiger partial charge on any atom is 0.407 e. The molecule has 0 fully saturated rings. The van der Waals surface area contributed by atoms with E-state index in [-0.39, 0.29) is 12.5 Å². The van der Waals surface area contributed by atoms with E-state index >= 15 is 0 Å². The molecule has 0 aromatic heterocycles. The minimum Gasteiger partial charge on any atom is -0.497 e. The third-order valence-electron chi connectivity index (χ3n) is 10.00. The Bertz CT molecular complexity index is 1870. The van der Waals surface area contributed by atoms with Crippen LogP contribution in [0, 0.1) is 0 Å². The zero-order chi connectivity index (χ0) is 37.8. The maximum atomic E-state index is 12.9. The molecule has 5 aromatic carbocycles. The summed E-state index contributed by atoms with van der Waals surface area (Å²) < 4.78 is 23.4. The number of amides is 2. The molecule has 0 saturated carbocycles. The van der Waals surface area contributed by atoms with E-state index in [0.29, 0.717) is 13.2 Å². The standard InChI is InChI=1S/C45H48N2O7/c1-51-35-24-20-33(21-25-35)45(32-14-6-5-7-15-32,34-22-26-36(52-2)27-23-34)54-29-13-4-3-12-28-46-43(49)42(30-48)47-44(50)53-31-41-39-18-10-8-16-37(39)38-17-9-11-19-40(38)41/h5-11,14-27,41-42,48H,3-4,12-13,28-31H2,1-2H3,(H,46,49)(H,47,50)/t42-/m0/s1. The predicted octanol–water partition coefficient (Wildman–Crippen LogP) is 7.59. The first-order valence-electron chi connectivity index (χ1n) is 18.5. The molecule has 0 unspecified atom stereocenters. The van der Waals surface area contributed by atoms with Gasteiger partial charge in [-0.15, -0.1) is 0 Å². The summed E-state index contributed by atoms with van der Waals surface area (Å²) in [6.07, 6.45) is 2.53. The molecule has 54 heavy (non-hydrogen) atoms. The molecule has 0 bridgehead atoms. The first-order valence-corrected chi connectivity index (χ1v) is 18.5. The number of hydrogen-bond donors (Lipinski definition) is 3. The van der Waals surface area contributed by atoms with Crippen LogP contribution in [0.4, 0.5) is 4.79 Å². The van der Waals surface area contributed by atoms with Gasteiger partial charge in [-0.2, -0.15) is 0 Å².